The van der Waals surface area contributed by atoms with Crippen LogP contribution in [0.5, 0.6) is 0 Å². The number of hydrogen-bond acceptors (Lipinski definition) is 5. The van der Waals surface area contributed by atoms with Gasteiger partial charge in [0.05, 0.1) is 10.5 Å². The lowest BCUT2D eigenvalue weighted by molar-refractivity contribution is -0.144. The van der Waals surface area contributed by atoms with Crippen LogP contribution in [0.4, 0.5) is 0 Å². The molecule has 3 N–H and O–H groups in total. The van der Waals surface area contributed by atoms with Crippen molar-refractivity contribution in [3.63, 3.8) is 0 Å². The van der Waals surface area contributed by atoms with Crippen molar-refractivity contribution in [1.29, 1.82) is 0 Å². The molecular formula is C29H29ClN2O6S. The number of aliphatic carboxylic acids is 1. The number of carboxylic acid groups (broad SMARTS) is 2. The molecule has 0 amide bonds. The topological polar surface area (TPSA) is 124 Å². The van der Waals surface area contributed by atoms with Crippen molar-refractivity contribution in [1.82, 2.24) is 9.62 Å². The molecule has 3 aromatic rings. The minimum absolute atomic E-state index is 0.00671. The number of rotatable bonds is 9. The number of nitrogens with one attached hydrogen (secondary N) is 1. The van der Waals surface area contributed by atoms with Gasteiger partial charge in [-0.05, 0) is 97.3 Å². The monoisotopic (exact) mass is 568 g/mol. The van der Waals surface area contributed by atoms with Crippen LogP contribution in [0.1, 0.15) is 35.2 Å². The van der Waals surface area contributed by atoms with Gasteiger partial charge in [0.2, 0.25) is 10.0 Å². The predicted molar refractivity (Wildman–Crippen MR) is 147 cm³/mol. The van der Waals surface area contributed by atoms with E-state index in [9.17, 15) is 28.2 Å². The van der Waals surface area contributed by atoms with Gasteiger partial charge in [-0.3, -0.25) is 4.79 Å². The molecule has 0 bridgehead atoms. The zero-order valence-electron chi connectivity index (χ0n) is 21.1. The van der Waals surface area contributed by atoms with E-state index in [1.54, 1.807) is 30.3 Å². The van der Waals surface area contributed by atoms with Crippen molar-refractivity contribution in [3.05, 3.63) is 88.9 Å². The van der Waals surface area contributed by atoms with E-state index in [0.717, 1.165) is 41.4 Å². The Bertz CT molecular complexity index is 1490. The highest BCUT2D eigenvalue weighted by molar-refractivity contribution is 7.89. The fraction of sp³-hybridized carbons (Fsp3) is 0.310. The Morgan fingerprint density at radius 3 is 2.15 bits per heavy atom. The maximum Gasteiger partial charge on any atom is 0.335 e. The van der Waals surface area contributed by atoms with E-state index < -0.39 is 27.5 Å². The Labute approximate surface area is 232 Å². The van der Waals surface area contributed by atoms with Crippen molar-refractivity contribution in [2.45, 2.75) is 36.2 Å². The van der Waals surface area contributed by atoms with E-state index in [0.29, 0.717) is 10.6 Å². The minimum Gasteiger partial charge on any atom is -0.480 e. The molecule has 39 heavy (non-hydrogen) atoms. The van der Waals surface area contributed by atoms with Gasteiger partial charge in [-0.1, -0.05) is 48.0 Å². The number of nitrogens with zero attached hydrogens (tertiary/aromatic N) is 1. The first-order chi connectivity index (χ1) is 18.6. The Kier molecular flexibility index (Phi) is 7.52. The molecule has 0 unspecified atom stereocenters. The minimum atomic E-state index is -4.28. The van der Waals surface area contributed by atoms with Crippen molar-refractivity contribution in [3.8, 4) is 11.1 Å². The molecule has 1 saturated carbocycles. The van der Waals surface area contributed by atoms with Gasteiger partial charge < -0.3 is 15.5 Å². The van der Waals surface area contributed by atoms with Gasteiger partial charge in [-0.2, -0.15) is 4.31 Å². The van der Waals surface area contributed by atoms with Gasteiger partial charge in [0, 0.05) is 11.6 Å². The number of carboxylic acids is 2. The first-order valence-corrected chi connectivity index (χ1v) is 14.6. The number of sulfonamides is 1. The maximum atomic E-state index is 14.2. The Morgan fingerprint density at radius 2 is 1.56 bits per heavy atom. The predicted octanol–water partition coefficient (Wildman–Crippen LogP) is 4.74. The summed E-state index contributed by atoms with van der Waals surface area (Å²) in [5.74, 6) is -2.57. The summed E-state index contributed by atoms with van der Waals surface area (Å²) < 4.78 is 29.5. The molecule has 204 valence electrons. The van der Waals surface area contributed by atoms with E-state index in [4.69, 9.17) is 11.6 Å². The molecule has 0 spiro atoms. The second-order valence-electron chi connectivity index (χ2n) is 10.2. The smallest absolute Gasteiger partial charge is 0.335 e. The van der Waals surface area contributed by atoms with Crippen LogP contribution in [-0.4, -0.2) is 53.5 Å². The van der Waals surface area contributed by atoms with Crippen molar-refractivity contribution in [2.75, 3.05) is 13.1 Å². The molecular weight excluding hydrogens is 540 g/mol. The van der Waals surface area contributed by atoms with E-state index in [1.807, 2.05) is 12.1 Å². The highest BCUT2D eigenvalue weighted by Crippen LogP contribution is 2.57. The summed E-state index contributed by atoms with van der Waals surface area (Å²) in [7, 11) is -4.28. The van der Waals surface area contributed by atoms with Crippen molar-refractivity contribution >= 4 is 33.6 Å². The van der Waals surface area contributed by atoms with E-state index in [2.05, 4.69) is 5.32 Å². The van der Waals surface area contributed by atoms with Crippen LogP contribution in [-0.2, 0) is 21.4 Å². The normalized spacial score (nSPS) is 21.5. The number of hydrogen-bond donors (Lipinski definition) is 3. The van der Waals surface area contributed by atoms with Gasteiger partial charge in [-0.15, -0.1) is 0 Å². The molecule has 8 nitrogen and oxygen atoms in total. The Morgan fingerprint density at radius 1 is 0.949 bits per heavy atom. The van der Waals surface area contributed by atoms with Gasteiger partial charge in [0.15, 0.2) is 0 Å². The summed E-state index contributed by atoms with van der Waals surface area (Å²) in [6.07, 6.45) is 1.77. The first-order valence-electron chi connectivity index (χ1n) is 12.8. The number of aromatic carboxylic acids is 1. The Balaban J connectivity index is 1.54. The molecule has 10 heteroatoms. The van der Waals surface area contributed by atoms with Crippen LogP contribution in [0.2, 0.25) is 5.02 Å². The third-order valence-corrected chi connectivity index (χ3v) is 10.0. The molecule has 1 saturated heterocycles. The van der Waals surface area contributed by atoms with E-state index in [-0.39, 0.29) is 35.3 Å². The fourth-order valence-electron chi connectivity index (χ4n) is 5.72. The summed E-state index contributed by atoms with van der Waals surface area (Å²) in [5, 5.41) is 23.8. The molecule has 1 aliphatic carbocycles. The van der Waals surface area contributed by atoms with E-state index >= 15 is 0 Å². The number of benzene rings is 3. The second-order valence-corrected chi connectivity index (χ2v) is 12.5. The lowest BCUT2D eigenvalue weighted by atomic mass is 9.90. The molecule has 2 fully saturated rings. The zero-order chi connectivity index (χ0) is 27.8. The molecule has 2 aliphatic rings. The van der Waals surface area contributed by atoms with Crippen LogP contribution in [0, 0.1) is 11.8 Å². The third kappa shape index (κ3) is 5.32. The number of halogens is 1. The first kappa shape index (κ1) is 27.3. The lowest BCUT2D eigenvalue weighted by Crippen LogP contribution is -2.49. The van der Waals surface area contributed by atoms with Gasteiger partial charge in [-0.25, -0.2) is 13.2 Å². The van der Waals surface area contributed by atoms with Crippen LogP contribution in [0.25, 0.3) is 11.1 Å². The highest BCUT2D eigenvalue weighted by atomic mass is 35.5. The lowest BCUT2D eigenvalue weighted by Gasteiger charge is -2.32. The average Bonchev–Trinajstić information content (AvgIpc) is 3.70. The number of carbonyl (C=O) groups is 2. The molecule has 1 aliphatic heterocycles. The maximum absolute atomic E-state index is 14.2. The summed E-state index contributed by atoms with van der Waals surface area (Å²) in [6.45, 7) is 1.27. The molecule has 0 radical (unpaired) electrons. The quantitative estimate of drug-likeness (QED) is 0.340. The van der Waals surface area contributed by atoms with Gasteiger partial charge >= 0.3 is 11.9 Å². The molecule has 5 rings (SSSR count). The fourth-order valence-corrected chi connectivity index (χ4v) is 7.61. The van der Waals surface area contributed by atoms with Gasteiger partial charge in [0.1, 0.15) is 5.54 Å². The van der Waals surface area contributed by atoms with Crippen LogP contribution in [0.15, 0.2) is 77.7 Å². The summed E-state index contributed by atoms with van der Waals surface area (Å²) in [5.41, 5.74) is 0.466. The van der Waals surface area contributed by atoms with Crippen molar-refractivity contribution < 1.29 is 28.2 Å². The Hall–Kier alpha value is -3.24. The largest absolute Gasteiger partial charge is 0.480 e. The van der Waals surface area contributed by atoms with Crippen molar-refractivity contribution in [2.24, 2.45) is 11.8 Å². The van der Waals surface area contributed by atoms with Crippen LogP contribution >= 0.6 is 11.6 Å². The molecule has 0 aromatic heterocycles. The van der Waals surface area contributed by atoms with E-state index in [1.165, 1.54) is 30.3 Å². The molecule has 2 atom stereocenters. The SMILES string of the molecule is O=C(O)c1cccc(CN([C@]2(C(=O)O)C[C@H]2C2CCNCC2)S(=O)(=O)c2ccc(-c3ccc(Cl)cc3)cc2)c1. The summed E-state index contributed by atoms with van der Waals surface area (Å²) >= 11 is 5.99. The molecule has 1 heterocycles. The summed E-state index contributed by atoms with van der Waals surface area (Å²) in [4.78, 5) is 24.4. The standard InChI is InChI=1S/C29H29ClN2O6S/c30-24-8-4-20(5-9-24)21-6-10-25(11-7-21)39(37,38)32(18-19-2-1-3-23(16-19)27(33)34)29(28(35)36)17-26(29)22-12-14-31-15-13-22/h1-11,16,22,26,31H,12-15,17-18H2,(H,33,34)(H,35,36)/t26-,29+/m0/s1. The molecule has 3 aromatic carbocycles. The van der Waals surface area contributed by atoms with Crippen LogP contribution in [0.3, 0.4) is 0 Å². The second kappa shape index (κ2) is 10.7. The zero-order valence-corrected chi connectivity index (χ0v) is 22.7. The third-order valence-electron chi connectivity index (χ3n) is 7.87. The summed E-state index contributed by atoms with van der Waals surface area (Å²) in [6, 6.07) is 19.5. The van der Waals surface area contributed by atoms with Crippen LogP contribution < -0.4 is 5.32 Å². The highest BCUT2D eigenvalue weighted by Gasteiger charge is 2.69. The number of piperidine rings is 1. The average molecular weight is 569 g/mol. The van der Waals surface area contributed by atoms with Gasteiger partial charge in [0.25, 0.3) is 0 Å².